The largest absolute Gasteiger partial charge is 0.412 e. The molecule has 2 nitrogen and oxygen atoms in total. The molecule has 0 aliphatic carbocycles. The minimum Gasteiger partial charge on any atom is -0.412 e. The van der Waals surface area contributed by atoms with Gasteiger partial charge < -0.3 is 17.9 Å². The van der Waals surface area contributed by atoms with Crippen molar-refractivity contribution in [2.45, 2.75) is 52.4 Å². The first-order valence-corrected chi connectivity index (χ1v) is 4.56. The van der Waals surface area contributed by atoms with Crippen molar-refractivity contribution in [3.63, 3.8) is 0 Å². The van der Waals surface area contributed by atoms with Crippen LogP contribution in [-0.4, -0.2) is 11.0 Å². The van der Waals surface area contributed by atoms with Gasteiger partial charge in [-0.1, -0.05) is 46.0 Å². The molecule has 0 aliphatic rings. The molecule has 0 aromatic heterocycles. The van der Waals surface area contributed by atoms with Crippen LogP contribution in [-0.2, 0) is 25.8 Å². The van der Waals surface area contributed by atoms with E-state index in [4.69, 9.17) is 0 Å². The second-order valence-corrected chi connectivity index (χ2v) is 3.45. The first-order valence-electron chi connectivity index (χ1n) is 4.56. The molecule has 0 atom stereocenters. The van der Waals surface area contributed by atoms with Crippen LogP contribution in [0.1, 0.15) is 52.4 Å². The van der Waals surface area contributed by atoms with Gasteiger partial charge >= 0.3 is 0 Å². The molecule has 4 N–H and O–H groups in total. The summed E-state index contributed by atoms with van der Waals surface area (Å²) >= 11 is 0. The molecule has 0 bridgehead atoms. The van der Waals surface area contributed by atoms with E-state index in [1.165, 1.54) is 32.1 Å². The van der Waals surface area contributed by atoms with Crippen molar-refractivity contribution in [3.05, 3.63) is 6.92 Å². The van der Waals surface area contributed by atoms with Gasteiger partial charge in [-0.15, -0.1) is 0 Å². The monoisotopic (exact) mass is 357 g/mol. The summed E-state index contributed by atoms with van der Waals surface area (Å²) in [6.07, 6.45) is 8.04. The molecular formula is C10H25HfO2-. The van der Waals surface area contributed by atoms with Crippen molar-refractivity contribution >= 4 is 0 Å². The van der Waals surface area contributed by atoms with Crippen LogP contribution < -0.4 is 0 Å². The maximum Gasteiger partial charge on any atom is 0 e. The summed E-state index contributed by atoms with van der Waals surface area (Å²) < 4.78 is 0. The maximum atomic E-state index is 3.82. The third-order valence-corrected chi connectivity index (χ3v) is 1.78. The normalized spacial score (nSPS) is 8.31. The SMILES string of the molecule is O.O.[CH2-]CCCCCCC(C)C.[Hf]. The van der Waals surface area contributed by atoms with Crippen LogP contribution in [0.15, 0.2) is 0 Å². The molecule has 0 radical (unpaired) electrons. The van der Waals surface area contributed by atoms with Crippen molar-refractivity contribution in [3.8, 4) is 0 Å². The van der Waals surface area contributed by atoms with Crippen LogP contribution in [0.2, 0.25) is 0 Å². The Morgan fingerprint density at radius 3 is 1.77 bits per heavy atom. The molecular weight excluding hydrogens is 331 g/mol. The van der Waals surface area contributed by atoms with Gasteiger partial charge in [-0.25, -0.2) is 0 Å². The quantitative estimate of drug-likeness (QED) is 0.398. The summed E-state index contributed by atoms with van der Waals surface area (Å²) in [5.74, 6) is 0.889. The zero-order valence-electron chi connectivity index (χ0n) is 9.03. The topological polar surface area (TPSA) is 63.0 Å². The van der Waals surface area contributed by atoms with E-state index in [-0.39, 0.29) is 36.8 Å². The Bertz CT molecular complexity index is 67.9. The summed E-state index contributed by atoms with van der Waals surface area (Å²) in [6, 6.07) is 0. The van der Waals surface area contributed by atoms with E-state index in [2.05, 4.69) is 20.8 Å². The molecule has 3 heteroatoms. The third-order valence-electron chi connectivity index (χ3n) is 1.78. The van der Waals surface area contributed by atoms with Crippen LogP contribution in [0.3, 0.4) is 0 Å². The second kappa shape index (κ2) is 18.5. The Hall–Kier alpha value is 0.790. The summed E-state index contributed by atoms with van der Waals surface area (Å²) in [4.78, 5) is 0. The predicted molar refractivity (Wildman–Crippen MR) is 55.1 cm³/mol. The fourth-order valence-corrected chi connectivity index (χ4v) is 1.08. The van der Waals surface area contributed by atoms with Crippen molar-refractivity contribution < 1.29 is 36.8 Å². The average Bonchev–Trinajstić information content (AvgIpc) is 1.87. The van der Waals surface area contributed by atoms with Gasteiger partial charge in [0.15, 0.2) is 0 Å². The Morgan fingerprint density at radius 2 is 1.38 bits per heavy atom. The fourth-order valence-electron chi connectivity index (χ4n) is 1.08. The molecule has 0 aromatic carbocycles. The first-order chi connectivity index (χ1) is 4.77. The summed E-state index contributed by atoms with van der Waals surface area (Å²) in [5.41, 5.74) is 0. The van der Waals surface area contributed by atoms with Crippen molar-refractivity contribution in [1.29, 1.82) is 0 Å². The molecule has 0 rings (SSSR count). The molecule has 82 valence electrons. The predicted octanol–water partition coefficient (Wildman–Crippen LogP) is 2.17. The third kappa shape index (κ3) is 24.5. The van der Waals surface area contributed by atoms with Gasteiger partial charge in [0.2, 0.25) is 0 Å². The Kier molecular flexibility index (Phi) is 33.6. The van der Waals surface area contributed by atoms with Crippen LogP contribution >= 0.6 is 0 Å². The maximum absolute atomic E-state index is 3.82. The Morgan fingerprint density at radius 1 is 0.923 bits per heavy atom. The minimum atomic E-state index is 0. The number of hydrogen-bond donors (Lipinski definition) is 0. The van der Waals surface area contributed by atoms with E-state index >= 15 is 0 Å². The molecule has 0 saturated carbocycles. The van der Waals surface area contributed by atoms with Crippen LogP contribution in [0.25, 0.3) is 0 Å². The van der Waals surface area contributed by atoms with Crippen LogP contribution in [0.5, 0.6) is 0 Å². The van der Waals surface area contributed by atoms with E-state index in [9.17, 15) is 0 Å². The molecule has 0 amide bonds. The molecule has 0 aliphatic heterocycles. The van der Waals surface area contributed by atoms with Gasteiger partial charge in [-0.05, 0) is 5.92 Å². The number of unbranched alkanes of at least 4 members (excludes halogenated alkanes) is 4. The first kappa shape index (κ1) is 23.5. The standard InChI is InChI=1S/C10H21.Hf.2H2O/c1-4-5-6-7-8-9-10(2)3;;;/h10H,1,4-9H2,2-3H3;;2*1H2/q-1;;;. The van der Waals surface area contributed by atoms with Gasteiger partial charge in [-0.2, -0.15) is 6.42 Å². The molecule has 0 fully saturated rings. The number of rotatable bonds is 6. The van der Waals surface area contributed by atoms with Gasteiger partial charge in [0, 0.05) is 25.8 Å². The molecule has 0 unspecified atom stereocenters. The van der Waals surface area contributed by atoms with Gasteiger partial charge in [0.05, 0.1) is 0 Å². The smallest absolute Gasteiger partial charge is 0 e. The molecule has 13 heavy (non-hydrogen) atoms. The van der Waals surface area contributed by atoms with Crippen molar-refractivity contribution in [2.75, 3.05) is 0 Å². The van der Waals surface area contributed by atoms with E-state index in [1.807, 2.05) is 0 Å². The van der Waals surface area contributed by atoms with E-state index < -0.39 is 0 Å². The second-order valence-electron chi connectivity index (χ2n) is 3.45. The zero-order valence-corrected chi connectivity index (χ0v) is 12.6. The summed E-state index contributed by atoms with van der Waals surface area (Å²) in [5, 5.41) is 0. The molecule has 0 saturated heterocycles. The average molecular weight is 356 g/mol. The summed E-state index contributed by atoms with van der Waals surface area (Å²) in [7, 11) is 0. The van der Waals surface area contributed by atoms with Crippen LogP contribution in [0, 0.1) is 12.8 Å². The van der Waals surface area contributed by atoms with Gasteiger partial charge in [-0.3, -0.25) is 0 Å². The van der Waals surface area contributed by atoms with Crippen LogP contribution in [0.4, 0.5) is 0 Å². The number of hydrogen-bond acceptors (Lipinski definition) is 0. The van der Waals surface area contributed by atoms with E-state index in [0.717, 1.165) is 12.3 Å². The molecule has 0 heterocycles. The molecule has 0 spiro atoms. The van der Waals surface area contributed by atoms with E-state index in [0.29, 0.717) is 0 Å². The Labute approximate surface area is 102 Å². The van der Waals surface area contributed by atoms with Crippen molar-refractivity contribution in [1.82, 2.24) is 0 Å². The summed E-state index contributed by atoms with van der Waals surface area (Å²) in [6.45, 7) is 8.40. The van der Waals surface area contributed by atoms with Gasteiger partial charge in [0.25, 0.3) is 0 Å². The van der Waals surface area contributed by atoms with Crippen molar-refractivity contribution in [2.24, 2.45) is 5.92 Å². The van der Waals surface area contributed by atoms with Gasteiger partial charge in [0.1, 0.15) is 0 Å². The minimum absolute atomic E-state index is 0. The fraction of sp³-hybridized carbons (Fsp3) is 0.900. The Balaban J connectivity index is -0.000000135. The molecule has 0 aromatic rings. The zero-order chi connectivity index (χ0) is 7.82. The van der Waals surface area contributed by atoms with E-state index in [1.54, 1.807) is 0 Å².